The predicted molar refractivity (Wildman–Crippen MR) is 350 cm³/mol. The maximum Gasteiger partial charge on any atom is 0.410 e. The maximum absolute atomic E-state index is 13.3. The Balaban J connectivity index is 0.000000230. The van der Waals surface area contributed by atoms with Gasteiger partial charge >= 0.3 is 6.09 Å². The van der Waals surface area contributed by atoms with E-state index in [4.69, 9.17) is 37.4 Å². The maximum atomic E-state index is 13.3. The zero-order valence-electron chi connectivity index (χ0n) is 50.7. The molecule has 86 heavy (non-hydrogen) atoms. The summed E-state index contributed by atoms with van der Waals surface area (Å²) in [6, 6.07) is 32.1. The van der Waals surface area contributed by atoms with Crippen molar-refractivity contribution in [2.75, 3.05) is 47.4 Å². The van der Waals surface area contributed by atoms with Crippen LogP contribution in [0.2, 0.25) is 10.0 Å². The van der Waals surface area contributed by atoms with Crippen molar-refractivity contribution in [3.63, 3.8) is 0 Å². The van der Waals surface area contributed by atoms with Crippen LogP contribution in [0.3, 0.4) is 0 Å². The van der Waals surface area contributed by atoms with E-state index < -0.39 is 24.6 Å². The van der Waals surface area contributed by atoms with E-state index in [0.717, 1.165) is 66.9 Å². The molecular weight excluding hydrogens is 1170 g/mol. The van der Waals surface area contributed by atoms with Crippen LogP contribution in [0.25, 0.3) is 0 Å². The summed E-state index contributed by atoms with van der Waals surface area (Å²) in [6.45, 7) is 22.8. The Morgan fingerprint density at radius 3 is 1.55 bits per heavy atom. The average molecular weight is 1250 g/mol. The molecule has 0 saturated carbocycles. The largest absolute Gasteiger partial charge is 0.489 e. The number of ether oxygens (including phenoxy) is 3. The van der Waals surface area contributed by atoms with Gasteiger partial charge in [0, 0.05) is 27.9 Å². The van der Waals surface area contributed by atoms with Gasteiger partial charge in [0.2, 0.25) is 11.9 Å². The number of hydrogen-bond acceptors (Lipinski definition) is 16. The molecule has 0 aliphatic carbocycles. The van der Waals surface area contributed by atoms with E-state index in [1.54, 1.807) is 49.2 Å². The second-order valence-corrected chi connectivity index (χ2v) is 28.8. The lowest BCUT2D eigenvalue weighted by atomic mass is 9.86. The van der Waals surface area contributed by atoms with Crippen molar-refractivity contribution >= 4 is 101 Å². The molecule has 1 atom stereocenters. The summed E-state index contributed by atoms with van der Waals surface area (Å²) >= 11 is 12.9. The van der Waals surface area contributed by atoms with E-state index >= 15 is 0 Å². The van der Waals surface area contributed by atoms with Crippen LogP contribution in [-0.4, -0.2) is 98.3 Å². The lowest BCUT2D eigenvalue weighted by molar-refractivity contribution is 0.0870. The number of para-hydroxylation sites is 2. The molecule has 5 aromatic carbocycles. The number of amides is 1. The van der Waals surface area contributed by atoms with Gasteiger partial charge in [-0.2, -0.15) is 9.97 Å². The summed E-state index contributed by atoms with van der Waals surface area (Å²) in [7, 11) is -6.08. The number of carbonyl (C=O) groups is 1. The minimum Gasteiger partial charge on any atom is -0.489 e. The molecule has 7 aromatic rings. The molecule has 2 aliphatic heterocycles. The zero-order chi connectivity index (χ0) is 61.9. The third-order valence-electron chi connectivity index (χ3n) is 15.0. The van der Waals surface area contributed by atoms with Crippen molar-refractivity contribution in [1.82, 2.24) is 30.2 Å². The van der Waals surface area contributed by atoms with Gasteiger partial charge in [0.05, 0.1) is 62.4 Å². The van der Waals surface area contributed by atoms with Crippen LogP contribution in [0, 0.1) is 13.8 Å². The Kier molecular flexibility index (Phi) is 21.9. The number of rotatable bonds is 20. The molecule has 2 aliphatic rings. The molecular formula is C65H80Cl2N10O7S2. The van der Waals surface area contributed by atoms with Crippen molar-refractivity contribution in [1.29, 1.82) is 0 Å². The number of aromatic nitrogens is 4. The summed E-state index contributed by atoms with van der Waals surface area (Å²) in [5, 5.41) is 16.3. The summed E-state index contributed by atoms with van der Waals surface area (Å²) < 4.78 is 57.4. The quantitative estimate of drug-likeness (QED) is 0.0449. The Bertz CT molecular complexity index is 3710. The van der Waals surface area contributed by atoms with E-state index in [9.17, 15) is 17.4 Å². The predicted octanol–water partition coefficient (Wildman–Crippen LogP) is 15.1. The first-order chi connectivity index (χ1) is 41.0. The highest BCUT2D eigenvalue weighted by Crippen LogP contribution is 2.41. The first-order valence-corrected chi connectivity index (χ1v) is 33.3. The fourth-order valence-electron chi connectivity index (χ4n) is 10.2. The molecule has 1 unspecified atom stereocenters. The fraction of sp³-hybridized carbons (Fsp3) is 0.385. The standard InChI is InChI=1S/C36H42ClN5O5S.C29H38ClN5O2S/c1-23(2)47-32-20-28(27-15-17-42(18-16-27)36(43)46-22-26-11-7-6-8-12-26)25(5)19-31(32)40-35-38-21-29(37)34(41-35)39-30-13-9-10-14-33(30)48(44,45)24(3)4;1-18(2)37-26-16-22(21-11-13-31-14-12-21)20(5)15-25(26)34-29-32-17-23(30)28(35-29)33-24-9-7-8-10-27(24)38(6,36)19(3)4/h6-14,19-21,23-24,27H,15-18,22H2,1-5H3,(H2,38,39,40,41);7-10,15-19,21,31H,6,11-14H2,1-5H3,(H2,32,33,34,35). The highest BCUT2D eigenvalue weighted by molar-refractivity contribution is 8.01. The summed E-state index contributed by atoms with van der Waals surface area (Å²) in [6.07, 6.45) is 6.47. The number of benzene rings is 5. The number of hydrogen-bond donors (Lipinski definition) is 5. The molecule has 458 valence electrons. The number of carbonyl (C=O) groups excluding carboxylic acids is 1. The van der Waals surface area contributed by atoms with Gasteiger partial charge in [-0.25, -0.2) is 23.2 Å². The van der Waals surface area contributed by atoms with Crippen molar-refractivity contribution in [2.45, 2.75) is 146 Å². The topological polar surface area (TPSA) is 211 Å². The van der Waals surface area contributed by atoms with Crippen molar-refractivity contribution in [2.24, 2.45) is 0 Å². The van der Waals surface area contributed by atoms with Gasteiger partial charge in [0.25, 0.3) is 0 Å². The second kappa shape index (κ2) is 29.0. The molecule has 4 heterocycles. The third-order valence-corrected chi connectivity index (χ3v) is 20.3. The lowest BCUT2D eigenvalue weighted by Gasteiger charge is -2.32. The molecule has 1 amide bonds. The van der Waals surface area contributed by atoms with E-state index in [1.165, 1.54) is 17.3 Å². The van der Waals surface area contributed by atoms with Gasteiger partial charge in [0.15, 0.2) is 21.5 Å². The highest BCUT2D eigenvalue weighted by atomic mass is 35.5. The molecule has 0 spiro atoms. The van der Waals surface area contributed by atoms with Gasteiger partial charge in [-0.1, -0.05) is 91.6 Å². The SMILES string of the molecule is C=S(=O)(c1ccccc1Nc1nc(Nc2cc(C)c(C3CCNCC3)cc2OC(C)C)ncc1Cl)C(C)C.Cc1cc(Nc2ncc(Cl)c(Nc3ccccc3S(=O)(=O)C(C)C)n2)c(OC(C)C)cc1C1CCN(C(=O)OCc2ccccc2)CC1. The molecule has 17 nitrogen and oxygen atoms in total. The smallest absolute Gasteiger partial charge is 0.410 e. The lowest BCUT2D eigenvalue weighted by Crippen LogP contribution is -2.38. The van der Waals surface area contributed by atoms with Crippen LogP contribution in [0.15, 0.2) is 125 Å². The third kappa shape index (κ3) is 16.5. The molecule has 5 N–H and O–H groups in total. The minimum absolute atomic E-state index is 0.0115. The van der Waals surface area contributed by atoms with Crippen LogP contribution < -0.4 is 36.1 Å². The van der Waals surface area contributed by atoms with Crippen LogP contribution in [0.4, 0.5) is 51.1 Å². The number of aryl methyl sites for hydroxylation is 2. The van der Waals surface area contributed by atoms with Gasteiger partial charge in [-0.15, -0.1) is 0 Å². The molecule has 0 bridgehead atoms. The number of nitrogens with one attached hydrogen (secondary N) is 5. The Morgan fingerprint density at radius 1 is 0.616 bits per heavy atom. The number of sulfone groups is 1. The van der Waals surface area contributed by atoms with E-state index in [-0.39, 0.29) is 57.8 Å². The minimum atomic E-state index is -3.56. The van der Waals surface area contributed by atoms with E-state index in [1.807, 2.05) is 102 Å². The highest BCUT2D eigenvalue weighted by Gasteiger charge is 2.29. The van der Waals surface area contributed by atoms with Crippen molar-refractivity contribution < 1.29 is 31.6 Å². The number of halogens is 2. The van der Waals surface area contributed by atoms with Crippen LogP contribution >= 0.6 is 23.2 Å². The number of likely N-dealkylation sites (tertiary alicyclic amines) is 1. The average Bonchev–Trinajstić information content (AvgIpc) is 3.36. The van der Waals surface area contributed by atoms with Crippen molar-refractivity contribution in [3.05, 3.63) is 153 Å². The van der Waals surface area contributed by atoms with Crippen molar-refractivity contribution in [3.8, 4) is 11.5 Å². The number of nitrogens with zero attached hydrogens (tertiary/aromatic N) is 5. The normalized spacial score (nSPS) is 14.8. The fourth-order valence-corrected chi connectivity index (χ4v) is 13.0. The summed E-state index contributed by atoms with van der Waals surface area (Å²) in [5.41, 5.74) is 8.22. The first kappa shape index (κ1) is 64.8. The summed E-state index contributed by atoms with van der Waals surface area (Å²) in [5.74, 6) is 7.49. The Labute approximate surface area is 517 Å². The van der Waals surface area contributed by atoms with E-state index in [2.05, 4.69) is 84.4 Å². The van der Waals surface area contributed by atoms with Gasteiger partial charge < -0.3 is 45.7 Å². The van der Waals surface area contributed by atoms with Gasteiger partial charge in [0.1, 0.15) is 28.2 Å². The van der Waals surface area contributed by atoms with E-state index in [0.29, 0.717) is 63.5 Å². The Hall–Kier alpha value is -7.16. The van der Waals surface area contributed by atoms with Crippen LogP contribution in [0.1, 0.15) is 121 Å². The molecule has 2 saturated heterocycles. The molecule has 9 rings (SSSR count). The molecule has 2 fully saturated rings. The molecule has 2 aromatic heterocycles. The number of anilines is 8. The molecule has 0 radical (unpaired) electrons. The van der Waals surface area contributed by atoms with Crippen LogP contribution in [0.5, 0.6) is 11.5 Å². The first-order valence-electron chi connectivity index (χ1n) is 29.2. The summed E-state index contributed by atoms with van der Waals surface area (Å²) in [4.78, 5) is 33.3. The monoisotopic (exact) mass is 1250 g/mol. The second-order valence-electron chi connectivity index (χ2n) is 22.7. The van der Waals surface area contributed by atoms with Gasteiger partial charge in [-0.3, -0.25) is 4.21 Å². The molecule has 21 heteroatoms. The number of piperidine rings is 2. The van der Waals surface area contributed by atoms with Crippen LogP contribution in [-0.2, 0) is 30.7 Å². The Morgan fingerprint density at radius 2 is 1.07 bits per heavy atom. The zero-order valence-corrected chi connectivity index (χ0v) is 53.8. The van der Waals surface area contributed by atoms with Gasteiger partial charge in [-0.05, 0) is 188 Å².